The fourth-order valence-electron chi connectivity index (χ4n) is 3.62. The molecule has 190 valence electrons. The number of esters is 1. The van der Waals surface area contributed by atoms with Gasteiger partial charge in [0, 0.05) is 11.1 Å². The average Bonchev–Trinajstić information content (AvgIpc) is 2.96. The van der Waals surface area contributed by atoms with Gasteiger partial charge in [0.1, 0.15) is 35.3 Å². The van der Waals surface area contributed by atoms with Crippen LogP contribution < -0.4 is 20.5 Å². The summed E-state index contributed by atoms with van der Waals surface area (Å²) in [6.45, 7) is 0.122. The van der Waals surface area contributed by atoms with E-state index in [1.54, 1.807) is 67.8 Å². The smallest absolute Gasteiger partial charge is 0.341 e. The normalized spacial score (nSPS) is 10.6. The van der Waals surface area contributed by atoms with Crippen molar-refractivity contribution in [1.29, 1.82) is 5.26 Å². The van der Waals surface area contributed by atoms with E-state index < -0.39 is 11.5 Å². The van der Waals surface area contributed by atoms with Crippen molar-refractivity contribution in [3.8, 4) is 28.8 Å². The summed E-state index contributed by atoms with van der Waals surface area (Å²) in [6.07, 6.45) is 1.53. The molecule has 0 atom stereocenters. The Morgan fingerprint density at radius 2 is 1.84 bits per heavy atom. The van der Waals surface area contributed by atoms with Gasteiger partial charge in [0.2, 0.25) is 5.95 Å². The van der Waals surface area contributed by atoms with Gasteiger partial charge in [-0.3, -0.25) is 9.78 Å². The van der Waals surface area contributed by atoms with Crippen LogP contribution in [0.1, 0.15) is 27.0 Å². The number of hydrogen-bond acceptors (Lipinski definition) is 9. The molecule has 10 nitrogen and oxygen atoms in total. The standard InChI is InChI=1S/C28H23N5O5/c1-36-23-13-12-18(14-20(23)17-38-24-11-7-6-10-21(24)27(35)37-2)16-30-33-28-31-25(19-8-4-3-5-9-19)22(15-29)26(34)32-28/h3-14,16H,17H2,1-2H3,(H2,31,32,33,34). The highest BCUT2D eigenvalue weighted by Gasteiger charge is 2.14. The van der Waals surface area contributed by atoms with Gasteiger partial charge in [-0.25, -0.2) is 15.2 Å². The van der Waals surface area contributed by atoms with E-state index in [1.165, 1.54) is 13.3 Å². The first kappa shape index (κ1) is 25.7. The van der Waals surface area contributed by atoms with Gasteiger partial charge in [0.05, 0.1) is 26.1 Å². The van der Waals surface area contributed by atoms with Crippen molar-refractivity contribution in [2.45, 2.75) is 6.61 Å². The van der Waals surface area contributed by atoms with Gasteiger partial charge >= 0.3 is 5.97 Å². The molecule has 3 aromatic carbocycles. The molecule has 1 heterocycles. The maximum Gasteiger partial charge on any atom is 0.341 e. The third kappa shape index (κ3) is 5.85. The second-order valence-corrected chi connectivity index (χ2v) is 7.83. The summed E-state index contributed by atoms with van der Waals surface area (Å²) in [5, 5.41) is 13.6. The maximum absolute atomic E-state index is 12.4. The summed E-state index contributed by atoms with van der Waals surface area (Å²) in [4.78, 5) is 31.3. The van der Waals surface area contributed by atoms with E-state index in [4.69, 9.17) is 14.2 Å². The van der Waals surface area contributed by atoms with Crippen molar-refractivity contribution in [1.82, 2.24) is 9.97 Å². The molecule has 0 bridgehead atoms. The molecule has 0 saturated carbocycles. The van der Waals surface area contributed by atoms with Crippen molar-refractivity contribution >= 4 is 18.1 Å². The van der Waals surface area contributed by atoms with Crippen LogP contribution in [0, 0.1) is 11.3 Å². The highest BCUT2D eigenvalue weighted by Crippen LogP contribution is 2.25. The number of benzene rings is 3. The van der Waals surface area contributed by atoms with Crippen LogP contribution in [-0.2, 0) is 11.3 Å². The number of H-pyrrole nitrogens is 1. The van der Waals surface area contributed by atoms with E-state index in [-0.39, 0.29) is 23.8 Å². The van der Waals surface area contributed by atoms with Crippen LogP contribution in [0.5, 0.6) is 11.5 Å². The van der Waals surface area contributed by atoms with Gasteiger partial charge < -0.3 is 14.2 Å². The number of methoxy groups -OCH3 is 2. The van der Waals surface area contributed by atoms with Gasteiger partial charge in [-0.15, -0.1) is 0 Å². The number of hydrazone groups is 1. The van der Waals surface area contributed by atoms with Crippen LogP contribution >= 0.6 is 0 Å². The third-order valence-electron chi connectivity index (χ3n) is 5.44. The summed E-state index contributed by atoms with van der Waals surface area (Å²) in [5.41, 5.74) is 4.68. The van der Waals surface area contributed by atoms with Crippen LogP contribution in [0.15, 0.2) is 82.7 Å². The van der Waals surface area contributed by atoms with Crippen molar-refractivity contribution < 1.29 is 19.0 Å². The highest BCUT2D eigenvalue weighted by atomic mass is 16.5. The number of anilines is 1. The van der Waals surface area contributed by atoms with Gasteiger partial charge in [-0.2, -0.15) is 10.4 Å². The van der Waals surface area contributed by atoms with Gasteiger partial charge in [0.25, 0.3) is 5.56 Å². The zero-order valence-corrected chi connectivity index (χ0v) is 20.6. The number of ether oxygens (including phenoxy) is 3. The topological polar surface area (TPSA) is 139 Å². The van der Waals surface area contributed by atoms with Crippen LogP contribution in [0.25, 0.3) is 11.3 Å². The largest absolute Gasteiger partial charge is 0.496 e. The van der Waals surface area contributed by atoms with E-state index >= 15 is 0 Å². The number of nitrogens with one attached hydrogen (secondary N) is 2. The molecular formula is C28H23N5O5. The second kappa shape index (κ2) is 12.0. The summed E-state index contributed by atoms with van der Waals surface area (Å²) < 4.78 is 16.1. The fraction of sp³-hybridized carbons (Fsp3) is 0.107. The maximum atomic E-state index is 12.4. The molecule has 0 aliphatic carbocycles. The number of para-hydroxylation sites is 1. The number of nitriles is 1. The Balaban J connectivity index is 1.53. The summed E-state index contributed by atoms with van der Waals surface area (Å²) in [5.74, 6) is 0.563. The Bertz CT molecular complexity index is 1580. The number of carbonyl (C=O) groups excluding carboxylic acids is 1. The molecule has 10 heteroatoms. The molecule has 0 saturated heterocycles. The molecule has 0 fully saturated rings. The Labute approximate surface area is 218 Å². The zero-order chi connectivity index (χ0) is 26.9. The number of rotatable bonds is 9. The Hall–Kier alpha value is -5.43. The molecule has 0 spiro atoms. The molecule has 0 radical (unpaired) electrons. The molecule has 4 aromatic rings. The van der Waals surface area contributed by atoms with E-state index in [0.717, 1.165) is 0 Å². The quantitative estimate of drug-likeness (QED) is 0.195. The van der Waals surface area contributed by atoms with E-state index in [0.29, 0.717) is 33.8 Å². The summed E-state index contributed by atoms with van der Waals surface area (Å²) in [7, 11) is 2.86. The summed E-state index contributed by atoms with van der Waals surface area (Å²) in [6, 6.07) is 23.0. The van der Waals surface area contributed by atoms with Crippen LogP contribution in [0.4, 0.5) is 5.95 Å². The van der Waals surface area contributed by atoms with Gasteiger partial charge in [-0.05, 0) is 35.9 Å². The number of aromatic nitrogens is 2. The number of aromatic amines is 1. The van der Waals surface area contributed by atoms with E-state index in [9.17, 15) is 14.9 Å². The minimum Gasteiger partial charge on any atom is -0.496 e. The number of nitrogens with zero attached hydrogens (tertiary/aromatic N) is 3. The fourth-order valence-corrected chi connectivity index (χ4v) is 3.62. The lowest BCUT2D eigenvalue weighted by Crippen LogP contribution is -2.16. The van der Waals surface area contributed by atoms with Crippen molar-refractivity contribution in [2.24, 2.45) is 5.10 Å². The molecule has 0 unspecified atom stereocenters. The first-order chi connectivity index (χ1) is 18.5. The Kier molecular flexibility index (Phi) is 8.11. The molecular weight excluding hydrogens is 486 g/mol. The monoisotopic (exact) mass is 509 g/mol. The van der Waals surface area contributed by atoms with E-state index in [1.807, 2.05) is 18.2 Å². The Morgan fingerprint density at radius 1 is 1.08 bits per heavy atom. The molecule has 0 aliphatic heterocycles. The van der Waals surface area contributed by atoms with Crippen LogP contribution in [0.3, 0.4) is 0 Å². The lowest BCUT2D eigenvalue weighted by Gasteiger charge is -2.13. The van der Waals surface area contributed by atoms with Crippen molar-refractivity contribution in [3.05, 3.63) is 105 Å². The van der Waals surface area contributed by atoms with Gasteiger partial charge in [-0.1, -0.05) is 42.5 Å². The minimum absolute atomic E-state index is 0.0839. The number of hydrogen-bond donors (Lipinski definition) is 2. The molecule has 1 aromatic heterocycles. The molecule has 0 aliphatic rings. The molecule has 38 heavy (non-hydrogen) atoms. The van der Waals surface area contributed by atoms with Crippen molar-refractivity contribution in [3.63, 3.8) is 0 Å². The molecule has 4 rings (SSSR count). The van der Waals surface area contributed by atoms with Crippen molar-refractivity contribution in [2.75, 3.05) is 19.6 Å². The molecule has 0 amide bonds. The van der Waals surface area contributed by atoms with Crippen LogP contribution in [-0.4, -0.2) is 36.4 Å². The highest BCUT2D eigenvalue weighted by molar-refractivity contribution is 5.92. The first-order valence-electron chi connectivity index (χ1n) is 11.4. The van der Waals surface area contributed by atoms with Gasteiger partial charge in [0.15, 0.2) is 0 Å². The summed E-state index contributed by atoms with van der Waals surface area (Å²) >= 11 is 0. The zero-order valence-electron chi connectivity index (χ0n) is 20.6. The lowest BCUT2D eigenvalue weighted by molar-refractivity contribution is 0.0595. The number of carbonyl (C=O) groups is 1. The predicted molar refractivity (Wildman–Crippen MR) is 141 cm³/mol. The lowest BCUT2D eigenvalue weighted by atomic mass is 10.1. The van der Waals surface area contributed by atoms with E-state index in [2.05, 4.69) is 20.5 Å². The predicted octanol–water partition coefficient (Wildman–Crippen LogP) is 4.13. The SMILES string of the molecule is COC(=O)c1ccccc1OCc1cc(C=NNc2nc(-c3ccccc3)c(C#N)c(=O)[nH]2)ccc1OC. The minimum atomic E-state index is -0.574. The third-order valence-corrected chi connectivity index (χ3v) is 5.44. The Morgan fingerprint density at radius 3 is 2.58 bits per heavy atom. The second-order valence-electron chi connectivity index (χ2n) is 7.83. The van der Waals surface area contributed by atoms with Crippen LogP contribution in [0.2, 0.25) is 0 Å². The first-order valence-corrected chi connectivity index (χ1v) is 11.4. The molecule has 2 N–H and O–H groups in total. The average molecular weight is 510 g/mol.